The van der Waals surface area contributed by atoms with Crippen LogP contribution in [0.15, 0.2) is 142 Å². The predicted octanol–water partition coefficient (Wildman–Crippen LogP) is 8.45. The molecule has 0 spiro atoms. The quantitative estimate of drug-likeness (QED) is 0.0400. The summed E-state index contributed by atoms with van der Waals surface area (Å²) >= 11 is 1.52. The van der Waals surface area contributed by atoms with E-state index in [0.29, 0.717) is 39.7 Å². The summed E-state index contributed by atoms with van der Waals surface area (Å²) < 4.78 is 31.7. The van der Waals surface area contributed by atoms with Gasteiger partial charge >= 0.3 is 5.97 Å². The van der Waals surface area contributed by atoms with Crippen LogP contribution < -0.4 is 11.5 Å². The minimum absolute atomic E-state index is 0. The van der Waals surface area contributed by atoms with Gasteiger partial charge in [-0.25, -0.2) is 4.79 Å². The first kappa shape index (κ1) is 40.5. The second-order valence-corrected chi connectivity index (χ2v) is 12.6. The number of phenols is 1. The second kappa shape index (κ2) is 17.8. The molecule has 0 heterocycles. The number of hydrogen-bond donors (Lipinski definition) is 5. The molecule has 0 amide bonds. The van der Waals surface area contributed by atoms with E-state index in [2.05, 4.69) is 30.7 Å². The number of nitrogens with two attached hydrogens (primary N) is 2. The fourth-order valence-corrected chi connectivity index (χ4v) is 5.38. The van der Waals surface area contributed by atoms with Crippen molar-refractivity contribution in [2.75, 3.05) is 11.5 Å². The van der Waals surface area contributed by atoms with Crippen molar-refractivity contribution in [2.45, 2.75) is 21.6 Å². The first-order chi connectivity index (χ1) is 22.9. The van der Waals surface area contributed by atoms with Gasteiger partial charge in [-0.3, -0.25) is 4.55 Å². The Kier molecular flexibility index (Phi) is 14.4. The molecule has 0 aliphatic heterocycles. The van der Waals surface area contributed by atoms with Crippen LogP contribution in [0.1, 0.15) is 15.9 Å². The molecular weight excluding hydrogens is 703 g/mol. The van der Waals surface area contributed by atoms with Gasteiger partial charge in [-0.15, -0.1) is 10.2 Å². The van der Waals surface area contributed by atoms with E-state index in [1.807, 2.05) is 24.3 Å². The van der Waals surface area contributed by atoms with Gasteiger partial charge in [0.05, 0.1) is 39.0 Å². The summed E-state index contributed by atoms with van der Waals surface area (Å²) in [6.07, 6.45) is 0. The minimum Gasteiger partial charge on any atom is -0.507 e. The molecular formula is C32H26N8Na2O6S2. The van der Waals surface area contributed by atoms with Crippen LogP contribution in [0.5, 0.6) is 5.75 Å². The second-order valence-electron chi connectivity index (χ2n) is 10.1. The summed E-state index contributed by atoms with van der Waals surface area (Å²) in [5, 5.41) is 43.8. The standard InChI is InChI=1S/C32H26N8O6S2.2Na/c1-18-16-27(30(34)31(29(18)33)40-37-21-6-13-25(14-7-21)48(44,45)46)39-36-20-4-11-24(12-5-20)47-23-9-2-19(3-10-23)35-38-22-8-15-28(41)26(17-22)32(42)43;;/h2-17,41H,33-34H2,1H3,(H,42,43)(H,44,45,46);;. The zero-order chi connectivity index (χ0) is 34.4. The summed E-state index contributed by atoms with van der Waals surface area (Å²) in [5.74, 6) is -1.60. The van der Waals surface area contributed by atoms with E-state index in [1.165, 1.54) is 54.2 Å². The zero-order valence-corrected chi connectivity index (χ0v) is 32.6. The van der Waals surface area contributed by atoms with Crippen LogP contribution in [0.25, 0.3) is 0 Å². The van der Waals surface area contributed by atoms with Gasteiger partial charge < -0.3 is 21.7 Å². The third-order valence-electron chi connectivity index (χ3n) is 6.64. The number of nitrogens with zero attached hydrogens (tertiary/aromatic N) is 6. The van der Waals surface area contributed by atoms with Crippen molar-refractivity contribution in [3.8, 4) is 5.75 Å². The van der Waals surface area contributed by atoms with Gasteiger partial charge in [0, 0.05) is 68.9 Å². The molecule has 0 aliphatic rings. The molecule has 0 bridgehead atoms. The number of aromatic hydroxyl groups is 1. The summed E-state index contributed by atoms with van der Waals surface area (Å²) in [5.41, 5.74) is 15.6. The molecule has 50 heavy (non-hydrogen) atoms. The van der Waals surface area contributed by atoms with Gasteiger partial charge in [-0.2, -0.15) is 28.9 Å². The fraction of sp³-hybridized carbons (Fsp3) is 0.0312. The number of carboxylic acid groups (broad SMARTS) is 1. The van der Waals surface area contributed by atoms with Gasteiger partial charge in [0.15, 0.2) is 0 Å². The number of carbonyl (C=O) groups is 1. The molecule has 5 rings (SSSR count). The van der Waals surface area contributed by atoms with Gasteiger partial charge in [0.2, 0.25) is 0 Å². The van der Waals surface area contributed by atoms with Crippen molar-refractivity contribution >= 4 is 132 Å². The summed E-state index contributed by atoms with van der Waals surface area (Å²) in [4.78, 5) is 12.8. The van der Waals surface area contributed by atoms with Gasteiger partial charge in [0.1, 0.15) is 22.7 Å². The van der Waals surface area contributed by atoms with E-state index < -0.39 is 16.1 Å². The average molecular weight is 729 g/mol. The van der Waals surface area contributed by atoms with Crippen LogP contribution in [-0.4, -0.2) is 88.3 Å². The SMILES string of the molecule is Cc1cc(N=Nc2ccc(Sc3ccc(N=Nc4ccc(O)c(C(=O)O)c4)cc3)cc2)c(N)c(N=Nc2ccc(S(=O)(=O)O)cc2)c1N.[Na].[Na]. The summed E-state index contributed by atoms with van der Waals surface area (Å²) in [6.45, 7) is 1.77. The zero-order valence-electron chi connectivity index (χ0n) is 27.0. The number of azo groups is 3. The normalized spacial score (nSPS) is 11.5. The topological polar surface area (TPSA) is 238 Å². The minimum atomic E-state index is -4.33. The number of anilines is 2. The molecule has 2 radical (unpaired) electrons. The molecule has 0 atom stereocenters. The molecule has 0 aliphatic carbocycles. The monoisotopic (exact) mass is 728 g/mol. The number of aromatic carboxylic acids is 1. The molecule has 5 aromatic rings. The van der Waals surface area contributed by atoms with E-state index >= 15 is 0 Å². The van der Waals surface area contributed by atoms with E-state index in [4.69, 9.17) is 21.1 Å². The average Bonchev–Trinajstić information content (AvgIpc) is 3.06. The molecule has 0 aromatic heterocycles. The van der Waals surface area contributed by atoms with E-state index in [1.54, 1.807) is 37.3 Å². The van der Waals surface area contributed by atoms with Crippen molar-refractivity contribution in [1.82, 2.24) is 0 Å². The predicted molar refractivity (Wildman–Crippen MR) is 192 cm³/mol. The van der Waals surface area contributed by atoms with Crippen LogP contribution in [0.4, 0.5) is 45.5 Å². The molecule has 244 valence electrons. The third kappa shape index (κ3) is 10.5. The molecule has 0 unspecified atom stereocenters. The molecule has 14 nitrogen and oxygen atoms in total. The number of rotatable bonds is 10. The van der Waals surface area contributed by atoms with Crippen molar-refractivity contribution in [2.24, 2.45) is 30.7 Å². The van der Waals surface area contributed by atoms with Crippen molar-refractivity contribution < 1.29 is 28.0 Å². The molecule has 0 fully saturated rings. The Hall–Kier alpha value is -3.97. The molecule has 0 saturated carbocycles. The number of hydrogen-bond acceptors (Lipinski definition) is 13. The maximum absolute atomic E-state index is 11.3. The van der Waals surface area contributed by atoms with Crippen LogP contribution in [0.3, 0.4) is 0 Å². The van der Waals surface area contributed by atoms with E-state index in [-0.39, 0.29) is 86.7 Å². The maximum atomic E-state index is 11.3. The number of carboxylic acids is 1. The number of benzene rings is 5. The maximum Gasteiger partial charge on any atom is 0.339 e. The van der Waals surface area contributed by atoms with Crippen LogP contribution in [0, 0.1) is 6.92 Å². The van der Waals surface area contributed by atoms with Gasteiger partial charge in [-0.05, 0) is 110 Å². The Morgan fingerprint density at radius 2 is 1.12 bits per heavy atom. The smallest absolute Gasteiger partial charge is 0.339 e. The van der Waals surface area contributed by atoms with Crippen molar-refractivity contribution in [3.63, 3.8) is 0 Å². The van der Waals surface area contributed by atoms with Gasteiger partial charge in [-0.1, -0.05) is 11.8 Å². The first-order valence-corrected chi connectivity index (χ1v) is 16.1. The van der Waals surface area contributed by atoms with Crippen molar-refractivity contribution in [1.29, 1.82) is 0 Å². The first-order valence-electron chi connectivity index (χ1n) is 13.8. The Morgan fingerprint density at radius 1 is 0.660 bits per heavy atom. The summed E-state index contributed by atoms with van der Waals surface area (Å²) in [6, 6.07) is 25.5. The van der Waals surface area contributed by atoms with Crippen molar-refractivity contribution in [3.05, 3.63) is 108 Å². The molecule has 5 aromatic carbocycles. The number of nitrogen functional groups attached to an aromatic ring is 2. The van der Waals surface area contributed by atoms with Crippen LogP contribution in [0.2, 0.25) is 0 Å². The summed E-state index contributed by atoms with van der Waals surface area (Å²) in [7, 11) is -4.33. The Labute approximate surface area is 335 Å². The Balaban J connectivity index is 0.00000338. The Morgan fingerprint density at radius 3 is 1.64 bits per heavy atom. The van der Waals surface area contributed by atoms with E-state index in [0.717, 1.165) is 9.79 Å². The third-order valence-corrected chi connectivity index (χ3v) is 8.52. The van der Waals surface area contributed by atoms with E-state index in [9.17, 15) is 18.3 Å². The van der Waals surface area contributed by atoms with Crippen LogP contribution >= 0.6 is 11.8 Å². The number of aryl methyl sites for hydroxylation is 1. The molecule has 18 heteroatoms. The molecule has 0 saturated heterocycles. The van der Waals surface area contributed by atoms with Gasteiger partial charge in [0.25, 0.3) is 10.1 Å². The van der Waals surface area contributed by atoms with Crippen LogP contribution in [-0.2, 0) is 10.1 Å². The molecule has 7 N–H and O–H groups in total. The largest absolute Gasteiger partial charge is 0.507 e. The Bertz CT molecular complexity index is 2200. The fourth-order valence-electron chi connectivity index (χ4n) is 4.08.